The molecule has 0 aliphatic rings. The van der Waals surface area contributed by atoms with E-state index in [9.17, 15) is 8.78 Å². The van der Waals surface area contributed by atoms with E-state index in [-0.39, 0.29) is 11.6 Å². The van der Waals surface area contributed by atoms with Gasteiger partial charge in [0.25, 0.3) is 0 Å². The molecule has 0 unspecified atom stereocenters. The number of halogens is 2. The molecule has 0 saturated carbocycles. The molecule has 4 aromatic rings. The molecule has 4 rings (SSSR count). The Kier molecular flexibility index (Phi) is 4.23. The average molecular weight is 344 g/mol. The minimum atomic E-state index is -0.279. The number of hydrogen-bond acceptors (Lipinski definition) is 2. The zero-order valence-corrected chi connectivity index (χ0v) is 13.7. The number of hydrogen-bond donors (Lipinski definition) is 0. The summed E-state index contributed by atoms with van der Waals surface area (Å²) >= 11 is 0. The van der Waals surface area contributed by atoms with Crippen LogP contribution >= 0.6 is 0 Å². The van der Waals surface area contributed by atoms with Crippen molar-refractivity contribution in [2.24, 2.45) is 0 Å². The molecule has 2 aromatic heterocycles. The van der Waals surface area contributed by atoms with Crippen molar-refractivity contribution in [3.8, 4) is 33.9 Å². The second-order valence-corrected chi connectivity index (χ2v) is 5.83. The standard InChI is InChI=1S/C22H14F2N2/c23-17-11-7-15(8-12-17)19-3-1-5-21(25-19)22-6-2-4-20(26-22)16-9-13-18(24)14-10-16/h1-14H. The lowest BCUT2D eigenvalue weighted by molar-refractivity contribution is 0.627. The first kappa shape index (κ1) is 16.1. The second kappa shape index (κ2) is 6.84. The summed E-state index contributed by atoms with van der Waals surface area (Å²) in [4.78, 5) is 9.29. The highest BCUT2D eigenvalue weighted by Gasteiger charge is 2.07. The first-order valence-corrected chi connectivity index (χ1v) is 8.15. The van der Waals surface area contributed by atoms with Crippen LogP contribution < -0.4 is 0 Å². The van der Waals surface area contributed by atoms with E-state index in [1.807, 2.05) is 36.4 Å². The number of nitrogens with zero attached hydrogens (tertiary/aromatic N) is 2. The van der Waals surface area contributed by atoms with Crippen molar-refractivity contribution in [1.82, 2.24) is 9.97 Å². The minimum absolute atomic E-state index is 0.279. The highest BCUT2D eigenvalue weighted by molar-refractivity contribution is 5.67. The molecule has 0 aliphatic heterocycles. The van der Waals surface area contributed by atoms with Crippen LogP contribution in [0.15, 0.2) is 84.9 Å². The van der Waals surface area contributed by atoms with Gasteiger partial charge in [0, 0.05) is 11.1 Å². The number of rotatable bonds is 3. The summed E-state index contributed by atoms with van der Waals surface area (Å²) in [6, 6.07) is 23.7. The molecule has 4 heteroatoms. The molecule has 0 atom stereocenters. The Morgan fingerprint density at radius 1 is 0.423 bits per heavy atom. The van der Waals surface area contributed by atoms with Crippen LogP contribution in [0, 0.1) is 11.6 Å². The summed E-state index contributed by atoms with van der Waals surface area (Å²) in [6.07, 6.45) is 0. The Morgan fingerprint density at radius 3 is 1.15 bits per heavy atom. The second-order valence-electron chi connectivity index (χ2n) is 5.83. The third kappa shape index (κ3) is 3.35. The summed E-state index contributed by atoms with van der Waals surface area (Å²) in [6.45, 7) is 0. The fourth-order valence-electron chi connectivity index (χ4n) is 2.72. The van der Waals surface area contributed by atoms with Crippen molar-refractivity contribution >= 4 is 0 Å². The lowest BCUT2D eigenvalue weighted by atomic mass is 10.1. The molecule has 126 valence electrons. The highest BCUT2D eigenvalue weighted by Crippen LogP contribution is 2.24. The van der Waals surface area contributed by atoms with Gasteiger partial charge >= 0.3 is 0 Å². The number of benzene rings is 2. The van der Waals surface area contributed by atoms with Crippen LogP contribution in [-0.2, 0) is 0 Å². The Hall–Kier alpha value is -3.40. The Morgan fingerprint density at radius 2 is 0.769 bits per heavy atom. The van der Waals surface area contributed by atoms with Gasteiger partial charge in [-0.15, -0.1) is 0 Å². The van der Waals surface area contributed by atoms with Crippen molar-refractivity contribution in [2.45, 2.75) is 0 Å². The molecule has 0 amide bonds. The predicted octanol–water partition coefficient (Wildman–Crippen LogP) is 5.76. The van der Waals surface area contributed by atoms with E-state index >= 15 is 0 Å². The van der Waals surface area contributed by atoms with Crippen LogP contribution in [0.5, 0.6) is 0 Å². The molecule has 0 spiro atoms. The molecule has 0 fully saturated rings. The SMILES string of the molecule is Fc1ccc(-c2cccc(-c3cccc(-c4ccc(F)cc4)n3)n2)cc1. The van der Waals surface area contributed by atoms with E-state index < -0.39 is 0 Å². The summed E-state index contributed by atoms with van der Waals surface area (Å²) in [5.41, 5.74) is 4.60. The van der Waals surface area contributed by atoms with Crippen LogP contribution in [0.2, 0.25) is 0 Å². The molecule has 26 heavy (non-hydrogen) atoms. The van der Waals surface area contributed by atoms with Gasteiger partial charge < -0.3 is 0 Å². The van der Waals surface area contributed by atoms with Crippen molar-refractivity contribution in [2.75, 3.05) is 0 Å². The van der Waals surface area contributed by atoms with Gasteiger partial charge in [0.15, 0.2) is 0 Å². The van der Waals surface area contributed by atoms with E-state index in [4.69, 9.17) is 0 Å². The molecule has 0 saturated heterocycles. The summed E-state index contributed by atoms with van der Waals surface area (Å²) in [7, 11) is 0. The van der Waals surface area contributed by atoms with E-state index in [0.29, 0.717) is 0 Å². The van der Waals surface area contributed by atoms with E-state index in [2.05, 4.69) is 9.97 Å². The minimum Gasteiger partial charge on any atom is -0.246 e. The lowest BCUT2D eigenvalue weighted by Crippen LogP contribution is -1.92. The summed E-state index contributed by atoms with van der Waals surface area (Å²) in [5, 5.41) is 0. The third-order valence-electron chi connectivity index (χ3n) is 4.04. The zero-order chi connectivity index (χ0) is 17.9. The predicted molar refractivity (Wildman–Crippen MR) is 98.3 cm³/mol. The zero-order valence-electron chi connectivity index (χ0n) is 13.7. The Bertz CT molecular complexity index is 955. The van der Waals surface area contributed by atoms with Crippen LogP contribution in [0.1, 0.15) is 0 Å². The van der Waals surface area contributed by atoms with E-state index in [0.717, 1.165) is 33.9 Å². The topological polar surface area (TPSA) is 25.8 Å². The maximum absolute atomic E-state index is 13.1. The summed E-state index contributed by atoms with van der Waals surface area (Å²) < 4.78 is 26.2. The van der Waals surface area contributed by atoms with Gasteiger partial charge in [-0.25, -0.2) is 18.7 Å². The first-order valence-electron chi connectivity index (χ1n) is 8.15. The number of aromatic nitrogens is 2. The van der Waals surface area contributed by atoms with Gasteiger partial charge in [-0.2, -0.15) is 0 Å². The smallest absolute Gasteiger partial charge is 0.123 e. The van der Waals surface area contributed by atoms with E-state index in [1.54, 1.807) is 24.3 Å². The van der Waals surface area contributed by atoms with Crippen molar-refractivity contribution < 1.29 is 8.78 Å². The van der Waals surface area contributed by atoms with Gasteiger partial charge in [-0.05, 0) is 72.8 Å². The maximum atomic E-state index is 13.1. The van der Waals surface area contributed by atoms with Gasteiger partial charge in [0.05, 0.1) is 22.8 Å². The quantitative estimate of drug-likeness (QED) is 0.472. The largest absolute Gasteiger partial charge is 0.246 e. The van der Waals surface area contributed by atoms with Crippen LogP contribution in [0.3, 0.4) is 0 Å². The fourth-order valence-corrected chi connectivity index (χ4v) is 2.72. The molecular formula is C22H14F2N2. The molecule has 0 N–H and O–H groups in total. The normalized spacial score (nSPS) is 10.7. The molecule has 2 aromatic carbocycles. The van der Waals surface area contributed by atoms with Gasteiger partial charge in [-0.3, -0.25) is 0 Å². The van der Waals surface area contributed by atoms with Crippen molar-refractivity contribution in [3.63, 3.8) is 0 Å². The molecular weight excluding hydrogens is 330 g/mol. The molecule has 2 nitrogen and oxygen atoms in total. The molecule has 0 aliphatic carbocycles. The highest BCUT2D eigenvalue weighted by atomic mass is 19.1. The summed E-state index contributed by atoms with van der Waals surface area (Å²) in [5.74, 6) is -0.558. The molecule has 0 bridgehead atoms. The van der Waals surface area contributed by atoms with Crippen molar-refractivity contribution in [3.05, 3.63) is 96.6 Å². The Labute approximate surface area is 149 Å². The van der Waals surface area contributed by atoms with Gasteiger partial charge in [-0.1, -0.05) is 12.1 Å². The monoisotopic (exact) mass is 344 g/mol. The first-order chi connectivity index (χ1) is 12.7. The Balaban J connectivity index is 1.72. The molecule has 2 heterocycles. The van der Waals surface area contributed by atoms with Gasteiger partial charge in [0.1, 0.15) is 11.6 Å². The van der Waals surface area contributed by atoms with Crippen LogP contribution in [0.25, 0.3) is 33.9 Å². The fraction of sp³-hybridized carbons (Fsp3) is 0. The van der Waals surface area contributed by atoms with Crippen LogP contribution in [-0.4, -0.2) is 9.97 Å². The average Bonchev–Trinajstić information content (AvgIpc) is 2.69. The van der Waals surface area contributed by atoms with Crippen LogP contribution in [0.4, 0.5) is 8.78 Å². The lowest BCUT2D eigenvalue weighted by Gasteiger charge is -2.07. The number of pyridine rings is 2. The maximum Gasteiger partial charge on any atom is 0.123 e. The van der Waals surface area contributed by atoms with Crippen molar-refractivity contribution in [1.29, 1.82) is 0 Å². The van der Waals surface area contributed by atoms with E-state index in [1.165, 1.54) is 24.3 Å². The van der Waals surface area contributed by atoms with Gasteiger partial charge in [0.2, 0.25) is 0 Å². The third-order valence-corrected chi connectivity index (χ3v) is 4.04. The molecule has 0 radical (unpaired) electrons.